The number of benzene rings is 2. The summed E-state index contributed by atoms with van der Waals surface area (Å²) < 4.78 is 12.9. The Labute approximate surface area is 130 Å². The fourth-order valence-electron chi connectivity index (χ4n) is 1.98. The minimum atomic E-state index is -0.198. The predicted octanol–water partition coefficient (Wildman–Crippen LogP) is 5.08. The first-order chi connectivity index (χ1) is 10.2. The Morgan fingerprint density at radius 3 is 2.29 bits per heavy atom. The highest BCUT2D eigenvalue weighted by Crippen LogP contribution is 2.20. The van der Waals surface area contributed by atoms with Crippen LogP contribution in [0.5, 0.6) is 0 Å². The van der Waals surface area contributed by atoms with Crippen LogP contribution < -0.4 is 5.32 Å². The van der Waals surface area contributed by atoms with Crippen molar-refractivity contribution in [3.05, 3.63) is 71.0 Å². The monoisotopic (exact) mass is 305 g/mol. The molecule has 1 nitrogen and oxygen atoms in total. The third-order valence-electron chi connectivity index (χ3n) is 3.15. The van der Waals surface area contributed by atoms with Crippen LogP contribution in [0.4, 0.5) is 4.39 Å². The molecular weight excluding hydrogens is 280 g/mol. The molecule has 0 aliphatic rings. The van der Waals surface area contributed by atoms with E-state index in [1.807, 2.05) is 26.0 Å². The topological polar surface area (TPSA) is 12.0 Å². The van der Waals surface area contributed by atoms with Gasteiger partial charge in [-0.15, -0.1) is 9.24 Å². The molecule has 0 saturated carbocycles. The Morgan fingerprint density at radius 1 is 1.05 bits per heavy atom. The number of aryl methyl sites for hydroxylation is 1. The molecule has 114 valence electrons. The lowest BCUT2D eigenvalue weighted by Crippen LogP contribution is -2.15. The Morgan fingerprint density at radius 2 is 1.67 bits per heavy atom. The second-order valence-corrected chi connectivity index (χ2v) is 5.25. The van der Waals surface area contributed by atoms with Crippen molar-refractivity contribution in [3.8, 4) is 0 Å². The molecule has 0 radical (unpaired) electrons. The predicted molar refractivity (Wildman–Crippen MR) is 92.9 cm³/mol. The minimum absolute atomic E-state index is 0.130. The molecule has 2 aromatic rings. The second kappa shape index (κ2) is 9.65. The van der Waals surface area contributed by atoms with Crippen LogP contribution in [0.1, 0.15) is 43.2 Å². The largest absolute Gasteiger partial charge is 0.303 e. The first-order valence-corrected chi connectivity index (χ1v) is 8.18. The van der Waals surface area contributed by atoms with E-state index < -0.39 is 0 Å². The summed E-state index contributed by atoms with van der Waals surface area (Å²) in [4.78, 5) is 0. The maximum absolute atomic E-state index is 12.9. The van der Waals surface area contributed by atoms with E-state index in [1.165, 1.54) is 23.3 Å². The summed E-state index contributed by atoms with van der Waals surface area (Å²) in [6.45, 7) is 6.96. The van der Waals surface area contributed by atoms with E-state index in [0.717, 1.165) is 18.5 Å². The van der Waals surface area contributed by atoms with E-state index in [-0.39, 0.29) is 11.6 Å². The Balaban J connectivity index is 0.00000106. The maximum Gasteiger partial charge on any atom is 0.123 e. The Hall–Kier alpha value is -1.24. The van der Waals surface area contributed by atoms with Crippen LogP contribution in [-0.4, -0.2) is 0 Å². The Kier molecular flexibility index (Phi) is 8.19. The molecule has 0 amide bonds. The third-order valence-corrected chi connectivity index (χ3v) is 3.78. The average Bonchev–Trinajstić information content (AvgIpc) is 2.55. The van der Waals surface area contributed by atoms with Crippen molar-refractivity contribution in [1.82, 2.24) is 5.32 Å². The lowest BCUT2D eigenvalue weighted by atomic mass is 10.1. The molecule has 0 saturated heterocycles. The van der Waals surface area contributed by atoms with E-state index in [2.05, 4.69) is 45.7 Å². The molecule has 21 heavy (non-hydrogen) atoms. The van der Waals surface area contributed by atoms with Gasteiger partial charge >= 0.3 is 0 Å². The number of hydrogen-bond donors (Lipinski definition) is 1. The van der Waals surface area contributed by atoms with Gasteiger partial charge in [0.25, 0.3) is 0 Å². The SMILES string of the molecule is CC.CCc1cccc(CNC(P)c2ccc(F)cc2)c1. The highest BCUT2D eigenvalue weighted by molar-refractivity contribution is 7.17. The fraction of sp³-hybridized carbons (Fsp3) is 0.333. The van der Waals surface area contributed by atoms with Gasteiger partial charge in [0.1, 0.15) is 5.82 Å². The Bertz CT molecular complexity index is 525. The molecule has 2 rings (SSSR count). The van der Waals surface area contributed by atoms with Gasteiger partial charge in [-0.05, 0) is 35.2 Å². The quantitative estimate of drug-likeness (QED) is 0.760. The van der Waals surface area contributed by atoms with Crippen LogP contribution in [0.25, 0.3) is 0 Å². The lowest BCUT2D eigenvalue weighted by Gasteiger charge is -2.14. The molecule has 0 heterocycles. The molecule has 2 aromatic carbocycles. The van der Waals surface area contributed by atoms with Crippen molar-refractivity contribution in [3.63, 3.8) is 0 Å². The molecule has 0 aromatic heterocycles. The summed E-state index contributed by atoms with van der Waals surface area (Å²) in [7, 11) is 2.75. The minimum Gasteiger partial charge on any atom is -0.303 e. The number of halogens is 1. The molecule has 0 bridgehead atoms. The van der Waals surface area contributed by atoms with Crippen molar-refractivity contribution in [2.75, 3.05) is 0 Å². The van der Waals surface area contributed by atoms with Gasteiger partial charge in [-0.2, -0.15) is 0 Å². The van der Waals surface area contributed by atoms with Crippen molar-refractivity contribution in [2.24, 2.45) is 0 Å². The summed E-state index contributed by atoms with van der Waals surface area (Å²) in [5.74, 6) is -0.0671. The summed E-state index contributed by atoms with van der Waals surface area (Å²) in [5, 5.41) is 3.43. The van der Waals surface area contributed by atoms with E-state index in [1.54, 1.807) is 0 Å². The lowest BCUT2D eigenvalue weighted by molar-refractivity contribution is 0.624. The molecular formula is C18H25FNP. The van der Waals surface area contributed by atoms with Gasteiger partial charge in [-0.1, -0.05) is 57.2 Å². The van der Waals surface area contributed by atoms with Gasteiger partial charge in [-0.3, -0.25) is 0 Å². The van der Waals surface area contributed by atoms with Crippen LogP contribution in [0.3, 0.4) is 0 Å². The van der Waals surface area contributed by atoms with Crippen LogP contribution >= 0.6 is 9.24 Å². The first-order valence-electron chi connectivity index (χ1n) is 7.51. The van der Waals surface area contributed by atoms with Crippen LogP contribution in [0.15, 0.2) is 48.5 Å². The number of hydrogen-bond acceptors (Lipinski definition) is 1. The highest BCUT2D eigenvalue weighted by atomic mass is 31.0. The summed E-state index contributed by atoms with van der Waals surface area (Å²) in [5.41, 5.74) is 3.69. The molecule has 0 spiro atoms. The van der Waals surface area contributed by atoms with Crippen LogP contribution in [0.2, 0.25) is 0 Å². The standard InChI is InChI=1S/C16H19FNP.C2H6/c1-2-12-4-3-5-13(10-12)11-18-16(19)14-6-8-15(17)9-7-14;1-2/h3-10,16,18H,2,11,19H2,1H3;1-2H3. The van der Waals surface area contributed by atoms with Crippen LogP contribution in [0, 0.1) is 5.82 Å². The van der Waals surface area contributed by atoms with Crippen molar-refractivity contribution >= 4 is 9.24 Å². The molecule has 1 N–H and O–H groups in total. The summed E-state index contributed by atoms with van der Waals surface area (Å²) in [6.07, 6.45) is 1.05. The van der Waals surface area contributed by atoms with Crippen molar-refractivity contribution < 1.29 is 4.39 Å². The molecule has 0 aliphatic carbocycles. The maximum atomic E-state index is 12.9. The molecule has 2 unspecified atom stereocenters. The van der Waals surface area contributed by atoms with Gasteiger partial charge in [0.05, 0.1) is 0 Å². The zero-order valence-electron chi connectivity index (χ0n) is 13.1. The smallest absolute Gasteiger partial charge is 0.123 e. The number of nitrogens with one attached hydrogen (secondary N) is 1. The normalized spacial score (nSPS) is 11.5. The number of rotatable bonds is 5. The average molecular weight is 305 g/mol. The summed E-state index contributed by atoms with van der Waals surface area (Å²) in [6, 6.07) is 15.2. The van der Waals surface area contributed by atoms with Crippen molar-refractivity contribution in [2.45, 2.75) is 39.5 Å². The highest BCUT2D eigenvalue weighted by Gasteiger charge is 2.05. The third kappa shape index (κ3) is 5.95. The van der Waals surface area contributed by atoms with Gasteiger partial charge in [0, 0.05) is 12.3 Å². The van der Waals surface area contributed by atoms with Crippen LogP contribution in [-0.2, 0) is 13.0 Å². The van der Waals surface area contributed by atoms with Gasteiger partial charge < -0.3 is 5.32 Å². The second-order valence-electron chi connectivity index (χ2n) is 4.58. The van der Waals surface area contributed by atoms with Gasteiger partial charge in [0.15, 0.2) is 0 Å². The molecule has 3 heteroatoms. The van der Waals surface area contributed by atoms with Crippen molar-refractivity contribution in [1.29, 1.82) is 0 Å². The zero-order valence-corrected chi connectivity index (χ0v) is 14.2. The fourth-order valence-corrected chi connectivity index (χ4v) is 2.32. The summed E-state index contributed by atoms with van der Waals surface area (Å²) >= 11 is 0. The van der Waals surface area contributed by atoms with E-state index in [0.29, 0.717) is 0 Å². The van der Waals surface area contributed by atoms with E-state index >= 15 is 0 Å². The molecule has 2 atom stereocenters. The first kappa shape index (κ1) is 17.8. The molecule has 0 fully saturated rings. The zero-order chi connectivity index (χ0) is 15.7. The van der Waals surface area contributed by atoms with Gasteiger partial charge in [-0.25, -0.2) is 4.39 Å². The van der Waals surface area contributed by atoms with E-state index in [9.17, 15) is 4.39 Å². The molecule has 0 aliphatic heterocycles. The van der Waals surface area contributed by atoms with Gasteiger partial charge in [0.2, 0.25) is 0 Å². The van der Waals surface area contributed by atoms with E-state index in [4.69, 9.17) is 0 Å².